The predicted molar refractivity (Wildman–Crippen MR) is 45.2 cm³/mol. The quantitative estimate of drug-likeness (QED) is 0.430. The molecule has 0 aliphatic rings. The molecule has 0 aromatic heterocycles. The van der Waals surface area contributed by atoms with Gasteiger partial charge in [0.2, 0.25) is 0 Å². The van der Waals surface area contributed by atoms with Gasteiger partial charge in [0.1, 0.15) is 12.4 Å². The second-order valence-electron chi connectivity index (χ2n) is 3.28. The molecule has 0 radical (unpaired) electrons. The number of aliphatic hydroxyl groups is 3. The Labute approximate surface area is 77.0 Å². The molecule has 2 atom stereocenters. The second kappa shape index (κ2) is 6.04. The molecular weight excluding hydrogens is 176 g/mol. The van der Waals surface area contributed by atoms with Gasteiger partial charge in [-0.15, -0.1) is 0 Å². The van der Waals surface area contributed by atoms with Crippen LogP contribution in [0.5, 0.6) is 0 Å². The van der Waals surface area contributed by atoms with Crippen LogP contribution in [-0.4, -0.2) is 54.1 Å². The summed E-state index contributed by atoms with van der Waals surface area (Å²) in [6.45, 7) is 0.859. The highest BCUT2D eigenvalue weighted by atomic mass is 16.5. The largest absolute Gasteiger partial charge is 0.395 e. The Balaban J connectivity index is 3.67. The molecule has 0 aromatic carbocycles. The molecule has 0 fully saturated rings. The summed E-state index contributed by atoms with van der Waals surface area (Å²) in [6, 6.07) is 0. The summed E-state index contributed by atoms with van der Waals surface area (Å²) in [5.41, 5.74) is -0.921. The molecule has 3 N–H and O–H groups in total. The van der Waals surface area contributed by atoms with Gasteiger partial charge in [-0.3, -0.25) is 0 Å². The van der Waals surface area contributed by atoms with Gasteiger partial charge in [0, 0.05) is 0 Å². The van der Waals surface area contributed by atoms with Crippen molar-refractivity contribution < 1.29 is 24.9 Å². The molecular formula is C8H16O5. The van der Waals surface area contributed by atoms with Gasteiger partial charge >= 0.3 is 0 Å². The molecule has 13 heavy (non-hydrogen) atoms. The third-order valence-electron chi connectivity index (χ3n) is 1.60. The number of hydrogen-bond donors (Lipinski definition) is 3. The average Bonchev–Trinajstić information content (AvgIpc) is 2.17. The predicted octanol–water partition coefficient (Wildman–Crippen LogP) is -1.45. The number of ether oxygens (including phenoxy) is 1. The number of carbonyl (C=O) groups excluding carboxylic acids is 1. The highest BCUT2D eigenvalue weighted by Crippen LogP contribution is 2.11. The van der Waals surface area contributed by atoms with Crippen molar-refractivity contribution in [3.63, 3.8) is 0 Å². The van der Waals surface area contributed by atoms with E-state index in [1.165, 1.54) is 0 Å². The minimum Gasteiger partial charge on any atom is -0.395 e. The fourth-order valence-corrected chi connectivity index (χ4v) is 0.598. The maximum Gasteiger partial charge on any atom is 0.130 e. The zero-order chi connectivity index (χ0) is 10.3. The zero-order valence-electron chi connectivity index (χ0n) is 7.64. The molecule has 0 aromatic rings. The van der Waals surface area contributed by atoms with Crippen molar-refractivity contribution in [2.24, 2.45) is 5.41 Å². The maximum atomic E-state index is 10.5. The van der Waals surface area contributed by atoms with Crippen LogP contribution in [-0.2, 0) is 9.53 Å². The van der Waals surface area contributed by atoms with E-state index in [9.17, 15) is 4.79 Å². The van der Waals surface area contributed by atoms with Crippen LogP contribution in [0.3, 0.4) is 0 Å². The van der Waals surface area contributed by atoms with Crippen molar-refractivity contribution in [3.8, 4) is 0 Å². The lowest BCUT2D eigenvalue weighted by atomic mass is 9.96. The smallest absolute Gasteiger partial charge is 0.130 e. The number of aliphatic hydroxyl groups excluding tert-OH is 3. The Hall–Kier alpha value is -0.490. The van der Waals surface area contributed by atoms with Crippen molar-refractivity contribution in [1.29, 1.82) is 0 Å². The van der Waals surface area contributed by atoms with Crippen molar-refractivity contribution in [2.75, 3.05) is 26.4 Å². The van der Waals surface area contributed by atoms with Crippen LogP contribution in [0.15, 0.2) is 0 Å². The molecule has 0 aliphatic heterocycles. The van der Waals surface area contributed by atoms with Gasteiger partial charge in [0.05, 0.1) is 31.8 Å². The van der Waals surface area contributed by atoms with Gasteiger partial charge in [-0.2, -0.15) is 0 Å². The molecule has 0 amide bonds. The van der Waals surface area contributed by atoms with Gasteiger partial charge in [-0.25, -0.2) is 0 Å². The van der Waals surface area contributed by atoms with Crippen LogP contribution in [0, 0.1) is 5.41 Å². The minimum absolute atomic E-state index is 0.0318. The van der Waals surface area contributed by atoms with Crippen molar-refractivity contribution >= 4 is 6.29 Å². The van der Waals surface area contributed by atoms with E-state index in [1.54, 1.807) is 6.92 Å². The third-order valence-corrected chi connectivity index (χ3v) is 1.60. The normalized spacial score (nSPS) is 17.8. The van der Waals surface area contributed by atoms with Crippen LogP contribution in [0.25, 0.3) is 0 Å². The Kier molecular flexibility index (Phi) is 5.81. The molecule has 0 spiro atoms. The number of carbonyl (C=O) groups is 1. The summed E-state index contributed by atoms with van der Waals surface area (Å²) >= 11 is 0. The van der Waals surface area contributed by atoms with E-state index in [-0.39, 0.29) is 26.4 Å². The van der Waals surface area contributed by atoms with E-state index in [1.807, 2.05) is 0 Å². The highest BCUT2D eigenvalue weighted by Gasteiger charge is 2.23. The Morgan fingerprint density at radius 2 is 2.15 bits per heavy atom. The fourth-order valence-electron chi connectivity index (χ4n) is 0.598. The first kappa shape index (κ1) is 12.5. The van der Waals surface area contributed by atoms with E-state index in [2.05, 4.69) is 0 Å². The first-order valence-electron chi connectivity index (χ1n) is 4.02. The number of hydrogen-bond acceptors (Lipinski definition) is 5. The summed E-state index contributed by atoms with van der Waals surface area (Å²) in [7, 11) is 0. The molecule has 5 nitrogen and oxygen atoms in total. The van der Waals surface area contributed by atoms with E-state index >= 15 is 0 Å². The van der Waals surface area contributed by atoms with E-state index < -0.39 is 11.5 Å². The van der Waals surface area contributed by atoms with Crippen molar-refractivity contribution in [1.82, 2.24) is 0 Å². The van der Waals surface area contributed by atoms with Crippen LogP contribution >= 0.6 is 0 Å². The molecule has 0 saturated carbocycles. The average molecular weight is 192 g/mol. The third kappa shape index (κ3) is 4.94. The van der Waals surface area contributed by atoms with E-state index in [4.69, 9.17) is 20.1 Å². The van der Waals surface area contributed by atoms with Crippen LogP contribution in [0.2, 0.25) is 0 Å². The van der Waals surface area contributed by atoms with Crippen LogP contribution in [0.1, 0.15) is 6.92 Å². The van der Waals surface area contributed by atoms with Gasteiger partial charge in [0.25, 0.3) is 0 Å². The van der Waals surface area contributed by atoms with Gasteiger partial charge in [-0.1, -0.05) is 0 Å². The van der Waals surface area contributed by atoms with Gasteiger partial charge in [0.15, 0.2) is 0 Å². The molecule has 0 bridgehead atoms. The Morgan fingerprint density at radius 1 is 1.54 bits per heavy atom. The summed E-state index contributed by atoms with van der Waals surface area (Å²) < 4.78 is 4.93. The Morgan fingerprint density at radius 3 is 2.54 bits per heavy atom. The second-order valence-corrected chi connectivity index (χ2v) is 3.28. The lowest BCUT2D eigenvalue weighted by Gasteiger charge is -2.20. The lowest BCUT2D eigenvalue weighted by Crippen LogP contribution is -2.31. The van der Waals surface area contributed by atoms with E-state index in [0.29, 0.717) is 6.29 Å². The maximum absolute atomic E-state index is 10.5. The first-order chi connectivity index (χ1) is 6.08. The van der Waals surface area contributed by atoms with Crippen LogP contribution < -0.4 is 0 Å². The summed E-state index contributed by atoms with van der Waals surface area (Å²) in [5.74, 6) is 0. The van der Waals surface area contributed by atoms with Gasteiger partial charge in [-0.05, 0) is 6.92 Å². The first-order valence-corrected chi connectivity index (χ1v) is 4.02. The molecule has 0 rings (SSSR count). The van der Waals surface area contributed by atoms with Gasteiger partial charge < -0.3 is 24.9 Å². The fraction of sp³-hybridized carbons (Fsp3) is 0.875. The number of rotatable bonds is 7. The summed E-state index contributed by atoms with van der Waals surface area (Å²) in [4.78, 5) is 10.5. The monoisotopic (exact) mass is 192 g/mol. The standard InChI is InChI=1S/C8H16O5/c1-8(4-10,5-11)6-13-3-7(12)2-9/h4,7,9,11-12H,2-3,5-6H2,1H3. The van der Waals surface area contributed by atoms with E-state index in [0.717, 1.165) is 0 Å². The molecule has 0 heterocycles. The summed E-state index contributed by atoms with van der Waals surface area (Å²) in [5, 5.41) is 26.1. The van der Waals surface area contributed by atoms with Crippen molar-refractivity contribution in [3.05, 3.63) is 0 Å². The lowest BCUT2D eigenvalue weighted by molar-refractivity contribution is -0.122. The SMILES string of the molecule is CC(C=O)(CO)COCC(O)CO. The molecule has 0 aliphatic carbocycles. The molecule has 2 unspecified atom stereocenters. The Bertz CT molecular complexity index is 149. The molecule has 0 saturated heterocycles. The molecule has 78 valence electrons. The van der Waals surface area contributed by atoms with Crippen molar-refractivity contribution in [2.45, 2.75) is 13.0 Å². The topological polar surface area (TPSA) is 87.0 Å². The highest BCUT2D eigenvalue weighted by molar-refractivity contribution is 5.58. The molecule has 5 heteroatoms. The van der Waals surface area contributed by atoms with Crippen LogP contribution in [0.4, 0.5) is 0 Å². The zero-order valence-corrected chi connectivity index (χ0v) is 7.64. The number of aldehydes is 1. The minimum atomic E-state index is -0.936. The summed E-state index contributed by atoms with van der Waals surface area (Å²) in [6.07, 6.45) is -0.326.